The zero-order valence-electron chi connectivity index (χ0n) is 11.5. The normalized spacial score (nSPS) is 19.1. The highest BCUT2D eigenvalue weighted by Crippen LogP contribution is 2.27. The number of nitrogens with zero attached hydrogens (tertiary/aromatic N) is 2. The summed E-state index contributed by atoms with van der Waals surface area (Å²) in [4.78, 5) is 26.5. The molecule has 1 aromatic carbocycles. The van der Waals surface area contributed by atoms with E-state index in [1.54, 1.807) is 4.90 Å². The Morgan fingerprint density at radius 1 is 1.10 bits per heavy atom. The van der Waals surface area contributed by atoms with E-state index in [9.17, 15) is 9.59 Å². The van der Waals surface area contributed by atoms with E-state index in [0.717, 1.165) is 50.0 Å². The summed E-state index contributed by atoms with van der Waals surface area (Å²) in [5.41, 5.74) is 3.24. The van der Waals surface area contributed by atoms with Crippen molar-refractivity contribution >= 4 is 18.1 Å². The van der Waals surface area contributed by atoms with E-state index in [0.29, 0.717) is 13.1 Å². The number of hydrogen-bond acceptors (Lipinski definition) is 2. The summed E-state index contributed by atoms with van der Waals surface area (Å²) in [6, 6.07) is 6.03. The second-order valence-corrected chi connectivity index (χ2v) is 5.41. The Balaban J connectivity index is 1.83. The molecule has 0 bridgehead atoms. The van der Waals surface area contributed by atoms with E-state index in [1.165, 1.54) is 5.56 Å². The van der Waals surface area contributed by atoms with Crippen LogP contribution in [0.25, 0.3) is 0 Å². The first kappa shape index (κ1) is 13.0. The smallest absolute Gasteiger partial charge is 0.321 e. The van der Waals surface area contributed by atoms with Gasteiger partial charge in [-0.05, 0) is 42.5 Å². The first-order valence-electron chi connectivity index (χ1n) is 7.14. The van der Waals surface area contributed by atoms with Crippen molar-refractivity contribution in [1.82, 2.24) is 10.2 Å². The molecule has 2 aliphatic heterocycles. The lowest BCUT2D eigenvalue weighted by Crippen LogP contribution is -2.42. The van der Waals surface area contributed by atoms with Crippen LogP contribution in [0.1, 0.15) is 30.4 Å². The zero-order valence-corrected chi connectivity index (χ0v) is 11.5. The van der Waals surface area contributed by atoms with Gasteiger partial charge in [-0.25, -0.2) is 4.79 Å². The molecule has 5 heteroatoms. The van der Waals surface area contributed by atoms with Crippen molar-refractivity contribution in [2.24, 2.45) is 0 Å². The number of urea groups is 1. The Bertz CT molecular complexity index is 530. The number of carbonyl (C=O) groups excluding carboxylic acids is 2. The molecule has 0 saturated carbocycles. The van der Waals surface area contributed by atoms with Gasteiger partial charge in [0.1, 0.15) is 0 Å². The fraction of sp³-hybridized carbons (Fsp3) is 0.467. The van der Waals surface area contributed by atoms with Crippen molar-refractivity contribution in [1.29, 1.82) is 0 Å². The van der Waals surface area contributed by atoms with Crippen molar-refractivity contribution < 1.29 is 9.59 Å². The predicted molar refractivity (Wildman–Crippen MR) is 76.3 cm³/mol. The monoisotopic (exact) mass is 273 g/mol. The highest BCUT2D eigenvalue weighted by Gasteiger charge is 2.21. The minimum absolute atomic E-state index is 0.0186. The zero-order chi connectivity index (χ0) is 13.9. The van der Waals surface area contributed by atoms with Gasteiger partial charge in [0.15, 0.2) is 0 Å². The molecule has 3 rings (SSSR count). The van der Waals surface area contributed by atoms with Gasteiger partial charge in [0.2, 0.25) is 6.41 Å². The van der Waals surface area contributed by atoms with Crippen LogP contribution in [-0.2, 0) is 17.9 Å². The second-order valence-electron chi connectivity index (χ2n) is 5.41. The van der Waals surface area contributed by atoms with Crippen LogP contribution in [0, 0.1) is 0 Å². The van der Waals surface area contributed by atoms with Gasteiger partial charge in [0, 0.05) is 31.9 Å². The SMILES string of the molecule is O=CN1Cc2ccc(N3CCCCCNC3=O)cc2C1. The second kappa shape index (κ2) is 5.53. The lowest BCUT2D eigenvalue weighted by atomic mass is 10.1. The van der Waals surface area contributed by atoms with Crippen molar-refractivity contribution in [3.05, 3.63) is 29.3 Å². The summed E-state index contributed by atoms with van der Waals surface area (Å²) in [5, 5.41) is 2.94. The third-order valence-corrected chi connectivity index (χ3v) is 3.98. The van der Waals surface area contributed by atoms with Crippen LogP contribution in [0.5, 0.6) is 0 Å². The third-order valence-electron chi connectivity index (χ3n) is 3.98. The molecule has 1 N–H and O–H groups in total. The number of hydrogen-bond donors (Lipinski definition) is 1. The van der Waals surface area contributed by atoms with Crippen molar-refractivity contribution in [3.63, 3.8) is 0 Å². The van der Waals surface area contributed by atoms with Gasteiger partial charge in [-0.3, -0.25) is 9.69 Å². The molecule has 0 radical (unpaired) electrons. The molecule has 3 amide bonds. The van der Waals surface area contributed by atoms with E-state index in [4.69, 9.17) is 0 Å². The molecular weight excluding hydrogens is 254 g/mol. The molecular formula is C15H19N3O2. The first-order chi connectivity index (χ1) is 9.78. The van der Waals surface area contributed by atoms with Gasteiger partial charge >= 0.3 is 6.03 Å². The molecule has 2 aliphatic rings. The molecule has 0 aliphatic carbocycles. The van der Waals surface area contributed by atoms with Crippen LogP contribution in [-0.4, -0.2) is 30.4 Å². The Labute approximate surface area is 118 Å². The Kier molecular flexibility index (Phi) is 3.58. The fourth-order valence-corrected chi connectivity index (χ4v) is 2.86. The number of rotatable bonds is 2. The van der Waals surface area contributed by atoms with Gasteiger partial charge in [-0.1, -0.05) is 6.07 Å². The topological polar surface area (TPSA) is 52.7 Å². The fourth-order valence-electron chi connectivity index (χ4n) is 2.86. The maximum atomic E-state index is 12.1. The highest BCUT2D eigenvalue weighted by molar-refractivity contribution is 5.92. The molecule has 1 saturated heterocycles. The summed E-state index contributed by atoms with van der Waals surface area (Å²) in [6.07, 6.45) is 4.10. The number of anilines is 1. The number of amides is 3. The van der Waals surface area contributed by atoms with Gasteiger partial charge in [0.25, 0.3) is 0 Å². The van der Waals surface area contributed by atoms with Gasteiger partial charge < -0.3 is 10.2 Å². The molecule has 0 unspecified atom stereocenters. The Hall–Kier alpha value is -2.04. The average Bonchev–Trinajstić information content (AvgIpc) is 2.85. The third kappa shape index (κ3) is 2.48. The summed E-state index contributed by atoms with van der Waals surface area (Å²) in [6.45, 7) is 2.81. The van der Waals surface area contributed by atoms with Crippen LogP contribution in [0.4, 0.5) is 10.5 Å². The molecule has 20 heavy (non-hydrogen) atoms. The number of nitrogens with one attached hydrogen (secondary N) is 1. The van der Waals surface area contributed by atoms with Crippen LogP contribution in [0.2, 0.25) is 0 Å². The Morgan fingerprint density at radius 3 is 2.80 bits per heavy atom. The van der Waals surface area contributed by atoms with Crippen LogP contribution in [0.15, 0.2) is 18.2 Å². The van der Waals surface area contributed by atoms with Gasteiger partial charge in [-0.2, -0.15) is 0 Å². The lowest BCUT2D eigenvalue weighted by Gasteiger charge is -2.25. The van der Waals surface area contributed by atoms with Crippen LogP contribution >= 0.6 is 0 Å². The standard InChI is InChI=1S/C15H19N3O2/c19-11-17-9-12-4-5-14(8-13(12)10-17)18-7-3-1-2-6-16-15(18)20/h4-5,8,11H,1-3,6-7,9-10H2,(H,16,20). The Morgan fingerprint density at radius 2 is 1.95 bits per heavy atom. The lowest BCUT2D eigenvalue weighted by molar-refractivity contribution is -0.118. The minimum Gasteiger partial charge on any atom is -0.338 e. The summed E-state index contributed by atoms with van der Waals surface area (Å²) in [7, 11) is 0. The molecule has 106 valence electrons. The van der Waals surface area contributed by atoms with Crippen LogP contribution in [0.3, 0.4) is 0 Å². The van der Waals surface area contributed by atoms with E-state index < -0.39 is 0 Å². The predicted octanol–water partition coefficient (Wildman–Crippen LogP) is 1.86. The molecule has 5 nitrogen and oxygen atoms in total. The van der Waals surface area contributed by atoms with E-state index in [2.05, 4.69) is 5.32 Å². The van der Waals surface area contributed by atoms with Crippen LogP contribution < -0.4 is 10.2 Å². The van der Waals surface area contributed by atoms with Crippen molar-refractivity contribution in [3.8, 4) is 0 Å². The molecule has 0 atom stereocenters. The first-order valence-corrected chi connectivity index (χ1v) is 7.14. The molecule has 0 spiro atoms. The minimum atomic E-state index is -0.0186. The molecule has 1 fully saturated rings. The van der Waals surface area contributed by atoms with Crippen molar-refractivity contribution in [2.75, 3.05) is 18.0 Å². The van der Waals surface area contributed by atoms with E-state index >= 15 is 0 Å². The number of benzene rings is 1. The van der Waals surface area contributed by atoms with E-state index in [1.807, 2.05) is 23.1 Å². The summed E-state index contributed by atoms with van der Waals surface area (Å²) in [5.74, 6) is 0. The molecule has 0 aromatic heterocycles. The summed E-state index contributed by atoms with van der Waals surface area (Å²) < 4.78 is 0. The maximum absolute atomic E-state index is 12.1. The average molecular weight is 273 g/mol. The number of fused-ring (bicyclic) bond motifs is 1. The quantitative estimate of drug-likeness (QED) is 0.836. The molecule has 1 aromatic rings. The largest absolute Gasteiger partial charge is 0.338 e. The summed E-state index contributed by atoms with van der Waals surface area (Å²) >= 11 is 0. The maximum Gasteiger partial charge on any atom is 0.321 e. The van der Waals surface area contributed by atoms with Gasteiger partial charge in [0.05, 0.1) is 0 Å². The highest BCUT2D eigenvalue weighted by atomic mass is 16.2. The molecule has 2 heterocycles. The van der Waals surface area contributed by atoms with Crippen molar-refractivity contribution in [2.45, 2.75) is 32.4 Å². The number of carbonyl (C=O) groups is 2. The van der Waals surface area contributed by atoms with E-state index in [-0.39, 0.29) is 6.03 Å². The van der Waals surface area contributed by atoms with Gasteiger partial charge in [-0.15, -0.1) is 0 Å².